The van der Waals surface area contributed by atoms with Crippen LogP contribution in [0.25, 0.3) is 0 Å². The van der Waals surface area contributed by atoms with E-state index in [0.29, 0.717) is 0 Å². The van der Waals surface area contributed by atoms with Crippen LogP contribution in [0.2, 0.25) is 0 Å². The van der Waals surface area contributed by atoms with E-state index in [1.807, 2.05) is 124 Å². The Morgan fingerprint density at radius 1 is 0.190 bits per heavy atom. The Morgan fingerprint density at radius 3 is 0.517 bits per heavy atom. The highest BCUT2D eigenvalue weighted by Crippen LogP contribution is 2.41. The van der Waals surface area contributed by atoms with E-state index >= 15 is 0 Å². The van der Waals surface area contributed by atoms with Crippen LogP contribution in [0, 0.1) is 0 Å². The molecule has 6 aromatic heterocycles. The van der Waals surface area contributed by atoms with Gasteiger partial charge in [0.2, 0.25) is 0 Å². The van der Waals surface area contributed by atoms with Gasteiger partial charge in [0, 0.05) is 71.3 Å². The van der Waals surface area contributed by atoms with Gasteiger partial charge in [0.1, 0.15) is 34.9 Å². The molecule has 278 valence electrons. The van der Waals surface area contributed by atoms with Crippen LogP contribution in [0.1, 0.15) is 0 Å². The second-order valence-corrected chi connectivity index (χ2v) is 13.0. The molecule has 10 nitrogen and oxygen atoms in total. The highest BCUT2D eigenvalue weighted by atomic mass is 15.3. The molecule has 0 aliphatic rings. The van der Waals surface area contributed by atoms with Gasteiger partial charge in [-0.05, 0) is 146 Å². The Labute approximate surface area is 336 Å². The molecule has 10 heteroatoms. The van der Waals surface area contributed by atoms with E-state index in [1.165, 1.54) is 0 Å². The van der Waals surface area contributed by atoms with Crippen LogP contribution in [0.15, 0.2) is 219 Å². The zero-order chi connectivity index (χ0) is 38.9. The van der Waals surface area contributed by atoms with Gasteiger partial charge in [-0.1, -0.05) is 36.4 Å². The van der Waals surface area contributed by atoms with Crippen LogP contribution in [0.3, 0.4) is 0 Å². The number of nitrogens with zero attached hydrogens (tertiary/aromatic N) is 10. The number of hydrogen-bond donors (Lipinski definition) is 0. The first-order valence-corrected chi connectivity index (χ1v) is 18.8. The van der Waals surface area contributed by atoms with Gasteiger partial charge >= 0.3 is 0 Å². The van der Waals surface area contributed by atoms with E-state index < -0.39 is 0 Å². The summed E-state index contributed by atoms with van der Waals surface area (Å²) in [7, 11) is 0. The lowest BCUT2D eigenvalue weighted by atomic mass is 10.1. The monoisotopic (exact) mass is 752 g/mol. The summed E-state index contributed by atoms with van der Waals surface area (Å²) in [5.74, 6) is 4.63. The third kappa shape index (κ3) is 7.53. The van der Waals surface area contributed by atoms with Crippen LogP contribution < -0.4 is 19.6 Å². The van der Waals surface area contributed by atoms with Crippen molar-refractivity contribution in [2.75, 3.05) is 19.6 Å². The van der Waals surface area contributed by atoms with E-state index in [0.717, 1.165) is 69.0 Å². The fourth-order valence-corrected chi connectivity index (χ4v) is 6.76. The Kier molecular flexibility index (Phi) is 10.2. The van der Waals surface area contributed by atoms with Crippen LogP contribution >= 0.6 is 0 Å². The molecule has 9 rings (SSSR count). The lowest BCUT2D eigenvalue weighted by Gasteiger charge is -2.29. The van der Waals surface area contributed by atoms with Gasteiger partial charge < -0.3 is 4.90 Å². The number of hydrogen-bond acceptors (Lipinski definition) is 10. The SMILES string of the molecule is c1ccc(N(c2ccc(N(c3ccc(N(c4ccccn4)c4ccccn4)cc3)c3ccc(N(c4ccccn4)c4ccccn4)cc3)cc2)c2ccccn2)nc1. The number of rotatable bonds is 12. The lowest BCUT2D eigenvalue weighted by Crippen LogP contribution is -2.15. The van der Waals surface area contributed by atoms with Crippen LogP contribution in [0.5, 0.6) is 0 Å². The number of pyridine rings is 6. The second kappa shape index (κ2) is 16.6. The molecule has 0 aliphatic carbocycles. The predicted octanol–water partition coefficient (Wildman–Crippen LogP) is 11.9. The molecular weight excluding hydrogens is 717 g/mol. The fourth-order valence-electron chi connectivity index (χ4n) is 6.76. The molecule has 0 aliphatic heterocycles. The number of benzene rings is 3. The van der Waals surface area contributed by atoms with Gasteiger partial charge in [-0.15, -0.1) is 0 Å². The van der Waals surface area contributed by atoms with Crippen molar-refractivity contribution in [2.24, 2.45) is 0 Å². The van der Waals surface area contributed by atoms with Crippen LogP contribution in [0.4, 0.5) is 69.0 Å². The van der Waals surface area contributed by atoms with Crippen molar-refractivity contribution in [3.63, 3.8) is 0 Å². The molecule has 3 aromatic carbocycles. The highest BCUT2D eigenvalue weighted by Gasteiger charge is 2.20. The van der Waals surface area contributed by atoms with Crippen molar-refractivity contribution in [1.29, 1.82) is 0 Å². The second-order valence-electron chi connectivity index (χ2n) is 13.0. The molecule has 9 aromatic rings. The first-order valence-electron chi connectivity index (χ1n) is 18.8. The van der Waals surface area contributed by atoms with Gasteiger partial charge in [-0.3, -0.25) is 14.7 Å². The molecule has 0 unspecified atom stereocenters. The molecule has 0 amide bonds. The molecule has 0 atom stereocenters. The number of anilines is 12. The average molecular weight is 753 g/mol. The minimum atomic E-state index is 0.771. The molecule has 0 spiro atoms. The lowest BCUT2D eigenvalue weighted by molar-refractivity contribution is 1.12. The molecule has 0 radical (unpaired) electrons. The molecule has 0 bridgehead atoms. The molecule has 58 heavy (non-hydrogen) atoms. The average Bonchev–Trinajstić information content (AvgIpc) is 3.30. The van der Waals surface area contributed by atoms with Gasteiger partial charge in [-0.2, -0.15) is 0 Å². The van der Waals surface area contributed by atoms with Gasteiger partial charge in [-0.25, -0.2) is 29.9 Å². The topological polar surface area (TPSA) is 90.3 Å². The minimum Gasteiger partial charge on any atom is -0.310 e. The van der Waals surface area contributed by atoms with Crippen molar-refractivity contribution in [3.8, 4) is 0 Å². The molecule has 0 saturated heterocycles. The van der Waals surface area contributed by atoms with Crippen molar-refractivity contribution in [3.05, 3.63) is 219 Å². The molecule has 0 N–H and O–H groups in total. The summed E-state index contributed by atoms with van der Waals surface area (Å²) in [5.41, 5.74) is 5.66. The van der Waals surface area contributed by atoms with Crippen molar-refractivity contribution in [2.45, 2.75) is 0 Å². The third-order valence-corrected chi connectivity index (χ3v) is 9.37. The Morgan fingerprint density at radius 2 is 0.362 bits per heavy atom. The van der Waals surface area contributed by atoms with Crippen LogP contribution in [-0.4, -0.2) is 29.9 Å². The normalized spacial score (nSPS) is 10.8. The molecule has 0 fully saturated rings. The first-order chi connectivity index (χ1) is 28.8. The Bertz CT molecular complexity index is 2220. The molecule has 0 saturated carbocycles. The number of aromatic nitrogens is 6. The first kappa shape index (κ1) is 35.5. The van der Waals surface area contributed by atoms with Gasteiger partial charge in [0.25, 0.3) is 0 Å². The predicted molar refractivity (Wildman–Crippen MR) is 232 cm³/mol. The summed E-state index contributed by atoms with van der Waals surface area (Å²) < 4.78 is 0. The standard InChI is InChI=1S/C48H36N10/c1-7-31-49-43(13-1)56(44-14-2-8-32-50-44)40-25-19-37(20-26-40)55(38-21-27-41(28-22-38)57(45-15-3-9-33-51-45)46-16-4-10-34-52-46)39-23-29-42(30-24-39)58(47-17-5-11-35-53-47)48-18-6-12-36-54-48/h1-36H. The zero-order valence-electron chi connectivity index (χ0n) is 31.3. The third-order valence-electron chi connectivity index (χ3n) is 9.37. The maximum Gasteiger partial charge on any atom is 0.138 e. The highest BCUT2D eigenvalue weighted by molar-refractivity contribution is 5.83. The van der Waals surface area contributed by atoms with Crippen LogP contribution in [-0.2, 0) is 0 Å². The summed E-state index contributed by atoms with van der Waals surface area (Å²) in [5, 5.41) is 0. The maximum atomic E-state index is 4.67. The summed E-state index contributed by atoms with van der Waals surface area (Å²) in [6.45, 7) is 0. The largest absolute Gasteiger partial charge is 0.310 e. The molecular formula is C48H36N10. The molecule has 6 heterocycles. The van der Waals surface area contributed by atoms with Crippen molar-refractivity contribution in [1.82, 2.24) is 29.9 Å². The van der Waals surface area contributed by atoms with Crippen molar-refractivity contribution < 1.29 is 0 Å². The quantitative estimate of drug-likeness (QED) is 0.120. The van der Waals surface area contributed by atoms with E-state index in [-0.39, 0.29) is 0 Å². The zero-order valence-corrected chi connectivity index (χ0v) is 31.3. The van der Waals surface area contributed by atoms with Gasteiger partial charge in [0.15, 0.2) is 0 Å². The Hall–Kier alpha value is -8.24. The van der Waals surface area contributed by atoms with Gasteiger partial charge in [0.05, 0.1) is 0 Å². The summed E-state index contributed by atoms with van der Waals surface area (Å²) >= 11 is 0. The van der Waals surface area contributed by atoms with E-state index in [1.54, 1.807) is 37.2 Å². The smallest absolute Gasteiger partial charge is 0.138 e. The summed E-state index contributed by atoms with van der Waals surface area (Å²) in [6.07, 6.45) is 10.8. The Balaban J connectivity index is 1.13. The van der Waals surface area contributed by atoms with Crippen molar-refractivity contribution >= 4 is 69.0 Å². The van der Waals surface area contributed by atoms with E-state index in [2.05, 4.69) is 108 Å². The fraction of sp³-hybridized carbons (Fsp3) is 0. The summed E-state index contributed by atoms with van der Waals surface area (Å²) in [6, 6.07) is 60.6. The maximum absolute atomic E-state index is 4.67. The minimum absolute atomic E-state index is 0.771. The van der Waals surface area contributed by atoms with E-state index in [4.69, 9.17) is 0 Å². The van der Waals surface area contributed by atoms with E-state index in [9.17, 15) is 0 Å². The summed E-state index contributed by atoms with van der Waals surface area (Å²) in [4.78, 5) is 36.4.